The Balaban J connectivity index is 2.02. The lowest BCUT2D eigenvalue weighted by Crippen LogP contribution is -2.17. The number of rotatable bonds is 3. The van der Waals surface area contributed by atoms with Gasteiger partial charge in [-0.05, 0) is 24.6 Å². The lowest BCUT2D eigenvalue weighted by atomic mass is 10.2. The van der Waals surface area contributed by atoms with Crippen molar-refractivity contribution in [2.45, 2.75) is 6.42 Å². The SMILES string of the molecule is O=C(O)[C@H]1C[C@@H]1C(=O)Nc1ccc(Cl)cc1Cl. The van der Waals surface area contributed by atoms with Crippen molar-refractivity contribution in [1.82, 2.24) is 0 Å². The minimum Gasteiger partial charge on any atom is -0.481 e. The molecular weight excluding hydrogens is 265 g/mol. The minimum absolute atomic E-state index is 0.318. The van der Waals surface area contributed by atoms with Crippen LogP contribution in [0.3, 0.4) is 0 Å². The van der Waals surface area contributed by atoms with Gasteiger partial charge in [-0.2, -0.15) is 0 Å². The number of halogens is 2. The van der Waals surface area contributed by atoms with E-state index in [2.05, 4.69) is 5.32 Å². The Bertz CT molecular complexity index is 490. The van der Waals surface area contributed by atoms with Crippen molar-refractivity contribution in [3.8, 4) is 0 Å². The molecule has 4 nitrogen and oxygen atoms in total. The highest BCUT2D eigenvalue weighted by Crippen LogP contribution is 2.40. The lowest BCUT2D eigenvalue weighted by Gasteiger charge is -2.06. The molecule has 6 heteroatoms. The summed E-state index contributed by atoms with van der Waals surface area (Å²) in [6, 6.07) is 4.70. The number of aliphatic carboxylic acids is 1. The van der Waals surface area contributed by atoms with Crippen LogP contribution < -0.4 is 5.32 Å². The Morgan fingerprint density at radius 2 is 2.00 bits per heavy atom. The van der Waals surface area contributed by atoms with E-state index in [1.54, 1.807) is 12.1 Å². The van der Waals surface area contributed by atoms with Gasteiger partial charge in [0.2, 0.25) is 5.91 Å². The van der Waals surface area contributed by atoms with Gasteiger partial charge in [-0.25, -0.2) is 0 Å². The smallest absolute Gasteiger partial charge is 0.307 e. The van der Waals surface area contributed by atoms with E-state index in [1.165, 1.54) is 6.07 Å². The molecule has 1 aliphatic carbocycles. The number of nitrogens with one attached hydrogen (secondary N) is 1. The van der Waals surface area contributed by atoms with Crippen molar-refractivity contribution in [3.05, 3.63) is 28.2 Å². The molecule has 0 aliphatic heterocycles. The van der Waals surface area contributed by atoms with Gasteiger partial charge in [0.05, 0.1) is 22.5 Å². The van der Waals surface area contributed by atoms with Gasteiger partial charge in [-0.3, -0.25) is 9.59 Å². The molecule has 1 saturated carbocycles. The van der Waals surface area contributed by atoms with Crippen LogP contribution in [0.25, 0.3) is 0 Å². The quantitative estimate of drug-likeness (QED) is 0.890. The topological polar surface area (TPSA) is 66.4 Å². The van der Waals surface area contributed by atoms with Crippen molar-refractivity contribution in [3.63, 3.8) is 0 Å². The summed E-state index contributed by atoms with van der Waals surface area (Å²) in [6.45, 7) is 0. The number of carbonyl (C=O) groups is 2. The predicted molar refractivity (Wildman–Crippen MR) is 64.3 cm³/mol. The highest BCUT2D eigenvalue weighted by Gasteiger charge is 2.48. The molecule has 0 bridgehead atoms. The molecule has 2 rings (SSSR count). The van der Waals surface area contributed by atoms with E-state index in [9.17, 15) is 9.59 Å². The van der Waals surface area contributed by atoms with Crippen molar-refractivity contribution in [1.29, 1.82) is 0 Å². The molecule has 1 aromatic rings. The molecule has 2 N–H and O–H groups in total. The van der Waals surface area contributed by atoms with Crippen LogP contribution in [0.5, 0.6) is 0 Å². The highest BCUT2D eigenvalue weighted by atomic mass is 35.5. The first-order chi connectivity index (χ1) is 7.99. The van der Waals surface area contributed by atoms with Gasteiger partial charge in [0.25, 0.3) is 0 Å². The monoisotopic (exact) mass is 273 g/mol. The zero-order valence-electron chi connectivity index (χ0n) is 8.61. The summed E-state index contributed by atoms with van der Waals surface area (Å²) in [5.74, 6) is -2.28. The number of carbonyl (C=O) groups excluding carboxylic acids is 1. The van der Waals surface area contributed by atoms with Crippen LogP contribution in [0.15, 0.2) is 18.2 Å². The Hall–Kier alpha value is -1.26. The third-order valence-electron chi connectivity index (χ3n) is 2.63. The average molecular weight is 274 g/mol. The van der Waals surface area contributed by atoms with E-state index < -0.39 is 17.8 Å². The Morgan fingerprint density at radius 3 is 2.53 bits per heavy atom. The van der Waals surface area contributed by atoms with E-state index in [0.29, 0.717) is 22.2 Å². The molecule has 90 valence electrons. The normalized spacial score (nSPS) is 22.0. The number of carboxylic acids is 1. The van der Waals surface area contributed by atoms with Gasteiger partial charge in [0, 0.05) is 5.02 Å². The fourth-order valence-corrected chi connectivity index (χ4v) is 2.03. The third kappa shape index (κ3) is 2.70. The van der Waals surface area contributed by atoms with Crippen LogP contribution in [-0.2, 0) is 9.59 Å². The third-order valence-corrected chi connectivity index (χ3v) is 3.18. The van der Waals surface area contributed by atoms with Crippen LogP contribution >= 0.6 is 23.2 Å². The van der Waals surface area contributed by atoms with Gasteiger partial charge >= 0.3 is 5.97 Å². The lowest BCUT2D eigenvalue weighted by molar-refractivity contribution is -0.139. The van der Waals surface area contributed by atoms with E-state index in [-0.39, 0.29) is 5.91 Å². The Labute approximate surface area is 108 Å². The summed E-state index contributed by atoms with van der Waals surface area (Å²) in [5.41, 5.74) is 0.442. The fraction of sp³-hybridized carbons (Fsp3) is 0.273. The van der Waals surface area contributed by atoms with E-state index in [1.807, 2.05) is 0 Å². The maximum absolute atomic E-state index is 11.7. The molecule has 0 saturated heterocycles. The van der Waals surface area contributed by atoms with Crippen LogP contribution in [0, 0.1) is 11.8 Å². The Kier molecular flexibility index (Phi) is 3.26. The first-order valence-electron chi connectivity index (χ1n) is 4.98. The molecule has 1 aromatic carbocycles. The maximum atomic E-state index is 11.7. The zero-order chi connectivity index (χ0) is 12.6. The van der Waals surface area contributed by atoms with E-state index >= 15 is 0 Å². The molecule has 1 aliphatic rings. The molecule has 1 fully saturated rings. The van der Waals surface area contributed by atoms with E-state index in [4.69, 9.17) is 28.3 Å². The second-order valence-electron chi connectivity index (χ2n) is 3.90. The summed E-state index contributed by atoms with van der Waals surface area (Å²) >= 11 is 11.6. The maximum Gasteiger partial charge on any atom is 0.307 e. The number of hydrogen-bond donors (Lipinski definition) is 2. The largest absolute Gasteiger partial charge is 0.481 e. The number of amides is 1. The van der Waals surface area contributed by atoms with Crippen molar-refractivity contribution in [2.75, 3.05) is 5.32 Å². The standard InChI is InChI=1S/C11H9Cl2NO3/c12-5-1-2-9(8(13)3-5)14-10(15)6-4-7(6)11(16)17/h1-3,6-7H,4H2,(H,14,15)(H,16,17)/t6-,7-/m0/s1. The van der Waals surface area contributed by atoms with Gasteiger partial charge in [0.1, 0.15) is 0 Å². The first-order valence-corrected chi connectivity index (χ1v) is 5.73. The van der Waals surface area contributed by atoms with Crippen molar-refractivity contribution < 1.29 is 14.7 Å². The molecule has 2 atom stereocenters. The summed E-state index contributed by atoms with van der Waals surface area (Å²) in [7, 11) is 0. The fourth-order valence-electron chi connectivity index (χ4n) is 1.57. The van der Waals surface area contributed by atoms with Gasteiger partial charge in [-0.1, -0.05) is 23.2 Å². The van der Waals surface area contributed by atoms with Crippen molar-refractivity contribution in [2.24, 2.45) is 11.8 Å². The summed E-state index contributed by atoms with van der Waals surface area (Å²) in [4.78, 5) is 22.3. The van der Waals surface area contributed by atoms with E-state index in [0.717, 1.165) is 0 Å². The minimum atomic E-state index is -0.938. The number of benzene rings is 1. The molecule has 0 spiro atoms. The molecular formula is C11H9Cl2NO3. The number of anilines is 1. The molecule has 0 unspecified atom stereocenters. The number of hydrogen-bond acceptors (Lipinski definition) is 2. The number of carboxylic acid groups (broad SMARTS) is 1. The predicted octanol–water partition coefficient (Wildman–Crippen LogP) is 2.65. The molecule has 0 radical (unpaired) electrons. The molecule has 1 amide bonds. The summed E-state index contributed by atoms with van der Waals surface area (Å²) < 4.78 is 0. The van der Waals surface area contributed by atoms with Crippen LogP contribution in [0.4, 0.5) is 5.69 Å². The van der Waals surface area contributed by atoms with Crippen LogP contribution in [-0.4, -0.2) is 17.0 Å². The van der Waals surface area contributed by atoms with Crippen LogP contribution in [0.2, 0.25) is 10.0 Å². The Morgan fingerprint density at radius 1 is 1.29 bits per heavy atom. The molecule has 0 heterocycles. The zero-order valence-corrected chi connectivity index (χ0v) is 10.1. The molecule has 17 heavy (non-hydrogen) atoms. The summed E-state index contributed by atoms with van der Waals surface area (Å²) in [6.07, 6.45) is 0.381. The summed E-state index contributed by atoms with van der Waals surface area (Å²) in [5, 5.41) is 12.1. The van der Waals surface area contributed by atoms with Gasteiger partial charge in [0.15, 0.2) is 0 Å². The second-order valence-corrected chi connectivity index (χ2v) is 4.74. The van der Waals surface area contributed by atoms with Crippen LogP contribution in [0.1, 0.15) is 6.42 Å². The first kappa shape index (κ1) is 12.2. The highest BCUT2D eigenvalue weighted by molar-refractivity contribution is 6.36. The van der Waals surface area contributed by atoms with Crippen molar-refractivity contribution >= 4 is 40.8 Å². The average Bonchev–Trinajstić information content (AvgIpc) is 3.01. The second kappa shape index (κ2) is 4.55. The van der Waals surface area contributed by atoms with Gasteiger partial charge in [-0.15, -0.1) is 0 Å². The molecule has 0 aromatic heterocycles. The van der Waals surface area contributed by atoms with Gasteiger partial charge < -0.3 is 10.4 Å².